The monoisotopic (exact) mass is 594 g/mol. The molecule has 1 aliphatic rings. The number of nitrogens with zero attached hydrogens (tertiary/aromatic N) is 4. The van der Waals surface area contributed by atoms with E-state index in [1.807, 2.05) is 10.6 Å². The zero-order chi connectivity index (χ0) is 31.0. The van der Waals surface area contributed by atoms with Crippen LogP contribution in [0.1, 0.15) is 52.8 Å². The first kappa shape index (κ1) is 29.0. The second-order valence-corrected chi connectivity index (χ2v) is 11.5. The second kappa shape index (κ2) is 11.5. The molecule has 222 valence electrons. The van der Waals surface area contributed by atoms with Gasteiger partial charge in [0.25, 0.3) is 5.88 Å². The molecule has 8 nitrogen and oxygen atoms in total. The highest BCUT2D eigenvalue weighted by atomic mass is 19.1. The van der Waals surface area contributed by atoms with Gasteiger partial charge in [-0.1, -0.05) is 38.1 Å². The number of carbonyl (C=O) groups is 1. The molecule has 10 heteroatoms. The third-order valence-corrected chi connectivity index (χ3v) is 7.94. The van der Waals surface area contributed by atoms with Gasteiger partial charge in [0.1, 0.15) is 18.2 Å². The van der Waals surface area contributed by atoms with E-state index in [9.17, 15) is 14.3 Å². The van der Waals surface area contributed by atoms with Gasteiger partial charge in [0, 0.05) is 17.4 Å². The number of aromatic nitrogens is 3. The molecule has 0 unspecified atom stereocenters. The summed E-state index contributed by atoms with van der Waals surface area (Å²) in [6.07, 6.45) is 0.158. The van der Waals surface area contributed by atoms with Crippen molar-refractivity contribution in [1.82, 2.24) is 14.5 Å². The average molecular weight is 595 g/mol. The highest BCUT2D eigenvalue weighted by Gasteiger charge is 2.39. The number of ether oxygens (including phenoxy) is 2. The molecule has 1 saturated heterocycles. The van der Waals surface area contributed by atoms with Crippen molar-refractivity contribution in [2.45, 2.75) is 32.9 Å². The predicted octanol–water partition coefficient (Wildman–Crippen LogP) is 6.71. The lowest BCUT2D eigenvalue weighted by Crippen LogP contribution is -2.27. The smallest absolute Gasteiger partial charge is 0.335 e. The summed E-state index contributed by atoms with van der Waals surface area (Å²) in [5.74, 6) is -1.80. The molecule has 44 heavy (non-hydrogen) atoms. The zero-order valence-corrected chi connectivity index (χ0v) is 24.1. The van der Waals surface area contributed by atoms with Crippen LogP contribution in [0.4, 0.5) is 8.78 Å². The third-order valence-electron chi connectivity index (χ3n) is 7.94. The highest BCUT2D eigenvalue weighted by Crippen LogP contribution is 2.40. The van der Waals surface area contributed by atoms with Crippen molar-refractivity contribution in [3.8, 4) is 23.2 Å². The normalized spacial score (nSPS) is 15.8. The van der Waals surface area contributed by atoms with E-state index in [1.165, 1.54) is 24.3 Å². The first-order valence-corrected chi connectivity index (χ1v) is 14.0. The highest BCUT2D eigenvalue weighted by molar-refractivity contribution is 5.92. The second-order valence-electron chi connectivity index (χ2n) is 11.5. The van der Waals surface area contributed by atoms with Crippen LogP contribution >= 0.6 is 0 Å². The molecule has 6 rings (SSSR count). The summed E-state index contributed by atoms with van der Waals surface area (Å²) in [5.41, 5.74) is 3.58. The Morgan fingerprint density at radius 1 is 1.07 bits per heavy atom. The average Bonchev–Trinajstić information content (AvgIpc) is 3.54. The lowest BCUT2D eigenvalue weighted by atomic mass is 9.87. The molecule has 3 heterocycles. The number of benzene rings is 3. The quantitative estimate of drug-likeness (QED) is 0.213. The number of carboxylic acid groups (broad SMARTS) is 1. The van der Waals surface area contributed by atoms with E-state index in [-0.39, 0.29) is 35.9 Å². The maximum Gasteiger partial charge on any atom is 0.335 e. The molecule has 1 aliphatic heterocycles. The molecule has 0 amide bonds. The minimum Gasteiger partial charge on any atom is -0.478 e. The first-order valence-electron chi connectivity index (χ1n) is 14.0. The van der Waals surface area contributed by atoms with Crippen molar-refractivity contribution < 1.29 is 28.2 Å². The van der Waals surface area contributed by atoms with Gasteiger partial charge in [-0.2, -0.15) is 5.26 Å². The fraction of sp³-hybridized carbons (Fsp3) is 0.235. The van der Waals surface area contributed by atoms with Crippen LogP contribution in [0, 0.1) is 28.4 Å². The van der Waals surface area contributed by atoms with Crippen LogP contribution in [0.25, 0.3) is 22.3 Å². The summed E-state index contributed by atoms with van der Waals surface area (Å²) >= 11 is 0. The van der Waals surface area contributed by atoms with E-state index >= 15 is 4.39 Å². The van der Waals surface area contributed by atoms with Crippen molar-refractivity contribution in [3.63, 3.8) is 0 Å². The minimum absolute atomic E-state index is 0.0458. The third kappa shape index (κ3) is 5.62. The lowest BCUT2D eigenvalue weighted by molar-refractivity contribution is 0.0697. The zero-order valence-electron chi connectivity index (χ0n) is 24.1. The molecule has 0 radical (unpaired) electrons. The van der Waals surface area contributed by atoms with E-state index in [2.05, 4.69) is 18.8 Å². The van der Waals surface area contributed by atoms with Crippen molar-refractivity contribution in [3.05, 3.63) is 113 Å². The van der Waals surface area contributed by atoms with Crippen molar-refractivity contribution in [1.29, 1.82) is 5.26 Å². The molecular weight excluding hydrogens is 566 g/mol. The summed E-state index contributed by atoms with van der Waals surface area (Å²) in [5, 5.41) is 18.5. The van der Waals surface area contributed by atoms with E-state index in [4.69, 9.17) is 19.7 Å². The maximum absolute atomic E-state index is 15.6. The van der Waals surface area contributed by atoms with Crippen molar-refractivity contribution in [2.24, 2.45) is 5.41 Å². The van der Waals surface area contributed by atoms with Crippen LogP contribution in [0.5, 0.6) is 5.88 Å². The largest absolute Gasteiger partial charge is 0.478 e. The topological polar surface area (TPSA) is 110 Å². The number of pyridine rings is 1. The van der Waals surface area contributed by atoms with Gasteiger partial charge in [-0.15, -0.1) is 0 Å². The van der Waals surface area contributed by atoms with Crippen LogP contribution in [-0.2, 0) is 17.8 Å². The molecule has 0 aliphatic carbocycles. The molecule has 1 fully saturated rings. The van der Waals surface area contributed by atoms with Gasteiger partial charge >= 0.3 is 5.97 Å². The predicted molar refractivity (Wildman–Crippen MR) is 158 cm³/mol. The Labute approximate surface area is 252 Å². The Bertz CT molecular complexity index is 1930. The van der Waals surface area contributed by atoms with Crippen LogP contribution in [0.3, 0.4) is 0 Å². The van der Waals surface area contributed by atoms with Crippen molar-refractivity contribution in [2.75, 3.05) is 13.2 Å². The van der Waals surface area contributed by atoms with Crippen molar-refractivity contribution >= 4 is 17.0 Å². The van der Waals surface area contributed by atoms with Gasteiger partial charge < -0.3 is 19.1 Å². The van der Waals surface area contributed by atoms with Crippen LogP contribution in [0.2, 0.25) is 0 Å². The fourth-order valence-corrected chi connectivity index (χ4v) is 5.46. The molecule has 1 N–H and O–H groups in total. The number of rotatable bonds is 8. The summed E-state index contributed by atoms with van der Waals surface area (Å²) < 4.78 is 43.5. The van der Waals surface area contributed by atoms with Crippen LogP contribution < -0.4 is 4.74 Å². The molecule has 1 atom stereocenters. The number of hydrogen-bond acceptors (Lipinski definition) is 6. The fourth-order valence-electron chi connectivity index (χ4n) is 5.46. The Morgan fingerprint density at radius 3 is 2.55 bits per heavy atom. The maximum atomic E-state index is 15.6. The number of aromatic carboxylic acids is 1. The summed E-state index contributed by atoms with van der Waals surface area (Å²) in [7, 11) is 0. The van der Waals surface area contributed by atoms with Gasteiger partial charge in [-0.05, 0) is 59.7 Å². The number of fused-ring (bicyclic) bond motifs is 1. The lowest BCUT2D eigenvalue weighted by Gasteiger charge is -2.28. The molecule has 3 aromatic carbocycles. The van der Waals surface area contributed by atoms with Gasteiger partial charge in [-0.25, -0.2) is 23.5 Å². The number of halogens is 2. The Morgan fingerprint density at radius 2 is 1.86 bits per heavy atom. The van der Waals surface area contributed by atoms with E-state index in [1.54, 1.807) is 48.5 Å². The molecule has 5 aromatic rings. The van der Waals surface area contributed by atoms with E-state index < -0.39 is 17.6 Å². The van der Waals surface area contributed by atoms with E-state index in [0.717, 1.165) is 5.56 Å². The molecular formula is C34H28F2N4O4. The number of hydrogen-bond donors (Lipinski definition) is 1. The van der Waals surface area contributed by atoms with Crippen LogP contribution in [0.15, 0.2) is 72.8 Å². The Kier molecular flexibility index (Phi) is 7.57. The minimum atomic E-state index is -1.04. The number of nitriles is 1. The molecule has 0 saturated carbocycles. The Hall–Kier alpha value is -5.14. The first-order chi connectivity index (χ1) is 21.1. The molecule has 0 bridgehead atoms. The SMILES string of the molecule is CC1(C)COC[C@H]1n1c(Cc2ccc(-c3ccc(F)c(OCc4ccc(C#N)cc4)n3)cc2F)nc2ccc(C(=O)O)cc21. The van der Waals surface area contributed by atoms with Gasteiger partial charge in [-0.3, -0.25) is 0 Å². The summed E-state index contributed by atoms with van der Waals surface area (Å²) in [6, 6.07) is 20.8. The van der Waals surface area contributed by atoms with Crippen LogP contribution in [-0.4, -0.2) is 38.8 Å². The van der Waals surface area contributed by atoms with Gasteiger partial charge in [0.2, 0.25) is 0 Å². The summed E-state index contributed by atoms with van der Waals surface area (Å²) in [6.45, 7) is 5.16. The molecule has 0 spiro atoms. The number of carboxylic acids is 1. The van der Waals surface area contributed by atoms with Gasteiger partial charge in [0.05, 0.1) is 53.2 Å². The number of imidazole rings is 1. The summed E-state index contributed by atoms with van der Waals surface area (Å²) in [4.78, 5) is 20.8. The standard InChI is InChI=1S/C34H28F2N4O4/c1-34(2)19-43-18-30(34)40-29-14-24(33(41)42)9-11-28(29)38-31(40)15-22-7-8-23(13-26(22)36)27-12-10-25(35)32(39-27)44-17-21-5-3-20(16-37)4-6-21/h3-14,30H,15,17-19H2,1-2H3,(H,41,42)/t30-/m1/s1. The molecule has 2 aromatic heterocycles. The Balaban J connectivity index is 1.29. The van der Waals surface area contributed by atoms with E-state index in [0.29, 0.717) is 52.5 Å². The van der Waals surface area contributed by atoms with Gasteiger partial charge in [0.15, 0.2) is 5.82 Å².